The Morgan fingerprint density at radius 3 is 2.92 bits per heavy atom. The van der Waals surface area contributed by atoms with Crippen molar-refractivity contribution < 1.29 is 0 Å². The summed E-state index contributed by atoms with van der Waals surface area (Å²) < 4.78 is 2.34. The van der Waals surface area contributed by atoms with Crippen LogP contribution in [0.1, 0.15) is 11.3 Å². The van der Waals surface area contributed by atoms with Gasteiger partial charge in [0, 0.05) is 23.9 Å². The third kappa shape index (κ3) is 2.93. The van der Waals surface area contributed by atoms with E-state index in [4.69, 9.17) is 10.7 Å². The average Bonchev–Trinajstić information content (AvgIpc) is 3.10. The molecule has 0 spiro atoms. The quantitative estimate of drug-likeness (QED) is 0.618. The van der Waals surface area contributed by atoms with Crippen LogP contribution in [0.15, 0.2) is 53.1 Å². The SMILES string of the molecule is N#Cc1cccc(-c2nc(=N)n3c(c2Br)NC(Cc2ccccn2)N3)c1. The number of nitrogens with zero attached hydrogens (tertiary/aromatic N) is 4. The Kier molecular flexibility index (Phi) is 4.14. The topological polar surface area (TPSA) is 102 Å². The molecule has 26 heavy (non-hydrogen) atoms. The highest BCUT2D eigenvalue weighted by Crippen LogP contribution is 2.33. The summed E-state index contributed by atoms with van der Waals surface area (Å²) >= 11 is 3.59. The van der Waals surface area contributed by atoms with Gasteiger partial charge in [-0.3, -0.25) is 15.8 Å². The first-order chi connectivity index (χ1) is 12.7. The molecule has 0 fully saturated rings. The molecule has 3 aromatic rings. The minimum atomic E-state index is -0.104. The van der Waals surface area contributed by atoms with Gasteiger partial charge in [-0.1, -0.05) is 18.2 Å². The Labute approximate surface area is 158 Å². The van der Waals surface area contributed by atoms with Gasteiger partial charge >= 0.3 is 0 Å². The van der Waals surface area contributed by atoms with E-state index in [2.05, 4.69) is 42.7 Å². The predicted molar refractivity (Wildman–Crippen MR) is 101 cm³/mol. The summed E-state index contributed by atoms with van der Waals surface area (Å²) in [6, 6.07) is 15.1. The van der Waals surface area contributed by atoms with Crippen molar-refractivity contribution in [2.75, 3.05) is 10.7 Å². The second-order valence-electron chi connectivity index (χ2n) is 5.83. The number of aromatic nitrogens is 3. The molecule has 1 aromatic carbocycles. The van der Waals surface area contributed by atoms with Crippen LogP contribution < -0.4 is 16.4 Å². The lowest BCUT2D eigenvalue weighted by atomic mass is 10.1. The minimum Gasteiger partial charge on any atom is -0.348 e. The van der Waals surface area contributed by atoms with Crippen LogP contribution in [0.5, 0.6) is 0 Å². The Hall–Kier alpha value is -3.18. The fraction of sp³-hybridized carbons (Fsp3) is 0.111. The molecule has 0 radical (unpaired) electrons. The fourth-order valence-electron chi connectivity index (χ4n) is 2.88. The van der Waals surface area contributed by atoms with Crippen LogP contribution in [0.25, 0.3) is 11.3 Å². The molecule has 1 atom stereocenters. The van der Waals surface area contributed by atoms with Crippen molar-refractivity contribution in [2.45, 2.75) is 12.6 Å². The maximum absolute atomic E-state index is 9.11. The molecule has 3 N–H and O–H groups in total. The van der Waals surface area contributed by atoms with Crippen molar-refractivity contribution in [3.05, 3.63) is 70.0 Å². The summed E-state index contributed by atoms with van der Waals surface area (Å²) in [4.78, 5) is 8.73. The maximum Gasteiger partial charge on any atom is 0.243 e. The normalized spacial score (nSPS) is 14.8. The summed E-state index contributed by atoms with van der Waals surface area (Å²) in [7, 11) is 0. The van der Waals surface area contributed by atoms with Crippen molar-refractivity contribution in [2.24, 2.45) is 0 Å². The fourth-order valence-corrected chi connectivity index (χ4v) is 3.49. The van der Waals surface area contributed by atoms with Crippen LogP contribution >= 0.6 is 15.9 Å². The average molecular weight is 408 g/mol. The molecule has 1 aliphatic heterocycles. The van der Waals surface area contributed by atoms with Crippen LogP contribution in [0.2, 0.25) is 0 Å². The number of anilines is 1. The zero-order valence-electron chi connectivity index (χ0n) is 13.6. The van der Waals surface area contributed by atoms with Gasteiger partial charge in [-0.05, 0) is 40.2 Å². The summed E-state index contributed by atoms with van der Waals surface area (Å²) in [5.74, 6) is 0.725. The van der Waals surface area contributed by atoms with Crippen molar-refractivity contribution in [1.29, 1.82) is 10.7 Å². The van der Waals surface area contributed by atoms with Crippen LogP contribution in [-0.4, -0.2) is 20.8 Å². The number of nitriles is 1. The van der Waals surface area contributed by atoms with Gasteiger partial charge in [0.05, 0.1) is 21.8 Å². The number of nitrogens with one attached hydrogen (secondary N) is 3. The van der Waals surface area contributed by atoms with Gasteiger partial charge in [0.25, 0.3) is 0 Å². The lowest BCUT2D eigenvalue weighted by Crippen LogP contribution is -2.33. The van der Waals surface area contributed by atoms with Crippen molar-refractivity contribution in [1.82, 2.24) is 14.6 Å². The van der Waals surface area contributed by atoms with Crippen LogP contribution in [0.4, 0.5) is 5.82 Å². The first kappa shape index (κ1) is 16.3. The number of fused-ring (bicyclic) bond motifs is 1. The Bertz CT molecular complexity index is 1070. The first-order valence-electron chi connectivity index (χ1n) is 7.96. The third-order valence-corrected chi connectivity index (χ3v) is 4.82. The first-order valence-corrected chi connectivity index (χ1v) is 8.75. The van der Waals surface area contributed by atoms with Gasteiger partial charge in [-0.25, -0.2) is 9.66 Å². The van der Waals surface area contributed by atoms with Crippen LogP contribution in [0.3, 0.4) is 0 Å². The van der Waals surface area contributed by atoms with Gasteiger partial charge in [-0.15, -0.1) is 0 Å². The van der Waals surface area contributed by atoms with Gasteiger partial charge in [0.1, 0.15) is 12.0 Å². The number of rotatable bonds is 3. The molecule has 4 rings (SSSR count). The molecular weight excluding hydrogens is 394 g/mol. The standard InChI is InChI=1S/C18H14BrN7/c19-15-16(12-5-3-4-11(8-12)10-20)24-18(21)26-17(15)23-14(25-26)9-13-6-1-2-7-22-13/h1-8,14,21,23,25H,9H2. The molecule has 1 unspecified atom stereocenters. The van der Waals surface area contributed by atoms with Crippen LogP contribution in [-0.2, 0) is 6.42 Å². The Morgan fingerprint density at radius 1 is 1.27 bits per heavy atom. The zero-order chi connectivity index (χ0) is 18.1. The van der Waals surface area contributed by atoms with E-state index in [1.807, 2.05) is 30.3 Å². The molecule has 7 nitrogen and oxygen atoms in total. The molecule has 0 saturated heterocycles. The third-order valence-electron chi connectivity index (χ3n) is 4.07. The van der Waals surface area contributed by atoms with E-state index in [9.17, 15) is 0 Å². The van der Waals surface area contributed by atoms with E-state index >= 15 is 0 Å². The highest BCUT2D eigenvalue weighted by Gasteiger charge is 2.25. The van der Waals surface area contributed by atoms with Gasteiger partial charge in [0.2, 0.25) is 5.62 Å². The predicted octanol–water partition coefficient (Wildman–Crippen LogP) is 2.60. The van der Waals surface area contributed by atoms with E-state index in [-0.39, 0.29) is 11.8 Å². The molecule has 3 heterocycles. The Morgan fingerprint density at radius 2 is 2.15 bits per heavy atom. The highest BCUT2D eigenvalue weighted by atomic mass is 79.9. The number of pyridine rings is 1. The molecule has 0 bridgehead atoms. The van der Waals surface area contributed by atoms with Crippen molar-refractivity contribution in [3.63, 3.8) is 0 Å². The highest BCUT2D eigenvalue weighted by molar-refractivity contribution is 9.10. The lowest BCUT2D eigenvalue weighted by molar-refractivity contribution is 0.711. The summed E-state index contributed by atoms with van der Waals surface area (Å²) in [5.41, 5.74) is 6.20. The molecule has 0 amide bonds. The molecule has 0 aliphatic carbocycles. The minimum absolute atomic E-state index is 0.0802. The van der Waals surface area contributed by atoms with Crippen LogP contribution in [0, 0.1) is 16.7 Å². The maximum atomic E-state index is 9.11. The number of benzene rings is 1. The summed E-state index contributed by atoms with van der Waals surface area (Å²) in [6.07, 6.45) is 2.32. The summed E-state index contributed by atoms with van der Waals surface area (Å²) in [5, 5.41) is 20.7. The van der Waals surface area contributed by atoms with Crippen molar-refractivity contribution in [3.8, 4) is 17.3 Å². The Balaban J connectivity index is 1.69. The smallest absolute Gasteiger partial charge is 0.243 e. The lowest BCUT2D eigenvalue weighted by Gasteiger charge is -2.10. The molecule has 2 aromatic heterocycles. The second kappa shape index (κ2) is 6.61. The van der Waals surface area contributed by atoms with E-state index in [0.717, 1.165) is 21.5 Å². The molecular formula is C18H14BrN7. The van der Waals surface area contributed by atoms with Gasteiger partial charge in [0.15, 0.2) is 0 Å². The second-order valence-corrected chi connectivity index (χ2v) is 6.62. The molecule has 8 heteroatoms. The van der Waals surface area contributed by atoms with Gasteiger partial charge in [-0.2, -0.15) is 5.26 Å². The number of hydrogen-bond donors (Lipinski definition) is 3. The van der Waals surface area contributed by atoms with Crippen molar-refractivity contribution >= 4 is 21.7 Å². The van der Waals surface area contributed by atoms with E-state index in [1.54, 1.807) is 23.0 Å². The monoisotopic (exact) mass is 407 g/mol. The molecule has 1 aliphatic rings. The molecule has 128 valence electrons. The number of halogens is 1. The summed E-state index contributed by atoms with van der Waals surface area (Å²) in [6.45, 7) is 0. The van der Waals surface area contributed by atoms with E-state index in [1.165, 1.54) is 0 Å². The largest absolute Gasteiger partial charge is 0.348 e. The number of hydrogen-bond acceptors (Lipinski definition) is 6. The van der Waals surface area contributed by atoms with E-state index in [0.29, 0.717) is 17.7 Å². The zero-order valence-corrected chi connectivity index (χ0v) is 15.2. The molecule has 0 saturated carbocycles. The van der Waals surface area contributed by atoms with E-state index < -0.39 is 0 Å². The van der Waals surface area contributed by atoms with Gasteiger partial charge < -0.3 is 5.32 Å².